The summed E-state index contributed by atoms with van der Waals surface area (Å²) in [7, 11) is -4.08. The van der Waals surface area contributed by atoms with Gasteiger partial charge in [-0.3, -0.25) is 4.55 Å². The number of hydrogen-bond acceptors (Lipinski definition) is 2. The van der Waals surface area contributed by atoms with E-state index in [4.69, 9.17) is 16.2 Å². The molecule has 1 aromatic carbocycles. The van der Waals surface area contributed by atoms with Gasteiger partial charge in [0.25, 0.3) is 10.1 Å². The molecule has 0 aliphatic heterocycles. The van der Waals surface area contributed by atoms with Gasteiger partial charge in [0.2, 0.25) is 0 Å². The molecule has 14 heavy (non-hydrogen) atoms. The van der Waals surface area contributed by atoms with E-state index in [1.165, 1.54) is 13.0 Å². The Morgan fingerprint density at radius 3 is 2.29 bits per heavy atom. The highest BCUT2D eigenvalue weighted by molar-refractivity contribution is 7.89. The van der Waals surface area contributed by atoms with Crippen LogP contribution in [-0.2, 0) is 10.1 Å². The van der Waals surface area contributed by atoms with Gasteiger partial charge < -0.3 is 0 Å². The molecule has 0 radical (unpaired) electrons. The third kappa shape index (κ3) is 3.14. The minimum absolute atomic E-state index is 0.0974. The first-order chi connectivity index (χ1) is 6.39. The highest BCUT2D eigenvalue weighted by Gasteiger charge is 2.06. The molecule has 0 aliphatic carbocycles. The zero-order valence-electron chi connectivity index (χ0n) is 7.44. The molecular formula is C9H9ClO3S. The van der Waals surface area contributed by atoms with Gasteiger partial charge in [0, 0.05) is 5.02 Å². The van der Waals surface area contributed by atoms with Crippen LogP contribution in [0.3, 0.4) is 0 Å². The Kier molecular flexibility index (Phi) is 3.31. The predicted molar refractivity (Wildman–Crippen MR) is 56.7 cm³/mol. The van der Waals surface area contributed by atoms with E-state index < -0.39 is 10.1 Å². The molecule has 0 bridgehead atoms. The third-order valence-electron chi connectivity index (χ3n) is 1.65. The van der Waals surface area contributed by atoms with Crippen LogP contribution in [0.25, 0.3) is 6.08 Å². The zero-order valence-corrected chi connectivity index (χ0v) is 9.01. The van der Waals surface area contributed by atoms with Crippen molar-refractivity contribution in [1.29, 1.82) is 0 Å². The molecule has 0 aromatic heterocycles. The standard InChI is InChI=1S/C9H9ClO3S/c1-7(14(11,12)13)6-8-2-4-9(10)5-3-8/h2-6H,1H3,(H,11,12,13). The predicted octanol–water partition coefficient (Wildman–Crippen LogP) is 2.59. The maximum absolute atomic E-state index is 10.7. The minimum Gasteiger partial charge on any atom is -0.282 e. The molecule has 76 valence electrons. The van der Waals surface area contributed by atoms with E-state index in [0.29, 0.717) is 10.6 Å². The van der Waals surface area contributed by atoms with E-state index in [9.17, 15) is 8.42 Å². The first-order valence-corrected chi connectivity index (χ1v) is 5.63. The molecule has 3 nitrogen and oxygen atoms in total. The smallest absolute Gasteiger partial charge is 0.282 e. The fraction of sp³-hybridized carbons (Fsp3) is 0.111. The lowest BCUT2D eigenvalue weighted by Crippen LogP contribution is -1.97. The molecule has 0 heterocycles. The van der Waals surface area contributed by atoms with Gasteiger partial charge in [-0.25, -0.2) is 0 Å². The van der Waals surface area contributed by atoms with Crippen molar-refractivity contribution in [2.75, 3.05) is 0 Å². The molecule has 0 fully saturated rings. The Hall–Kier alpha value is -0.840. The van der Waals surface area contributed by atoms with Crippen LogP contribution >= 0.6 is 11.6 Å². The first kappa shape index (κ1) is 11.2. The second kappa shape index (κ2) is 4.13. The number of halogens is 1. The lowest BCUT2D eigenvalue weighted by Gasteiger charge is -1.97. The van der Waals surface area contributed by atoms with Gasteiger partial charge in [-0.2, -0.15) is 8.42 Å². The molecule has 1 rings (SSSR count). The van der Waals surface area contributed by atoms with Crippen molar-refractivity contribution in [3.05, 3.63) is 39.8 Å². The summed E-state index contributed by atoms with van der Waals surface area (Å²) < 4.78 is 30.0. The summed E-state index contributed by atoms with van der Waals surface area (Å²) in [5, 5.41) is 0.576. The molecule has 0 spiro atoms. The highest BCUT2D eigenvalue weighted by Crippen LogP contribution is 2.14. The van der Waals surface area contributed by atoms with Gasteiger partial charge in [-0.1, -0.05) is 23.7 Å². The molecule has 0 unspecified atom stereocenters. The molecule has 0 atom stereocenters. The van der Waals surface area contributed by atoms with Gasteiger partial charge in [0.1, 0.15) is 0 Å². The lowest BCUT2D eigenvalue weighted by molar-refractivity contribution is 0.491. The highest BCUT2D eigenvalue weighted by atomic mass is 35.5. The van der Waals surface area contributed by atoms with Gasteiger partial charge in [0.05, 0.1) is 4.91 Å². The minimum atomic E-state index is -4.08. The van der Waals surface area contributed by atoms with E-state index >= 15 is 0 Å². The normalized spacial score (nSPS) is 12.9. The van der Waals surface area contributed by atoms with Crippen LogP contribution in [0.4, 0.5) is 0 Å². The third-order valence-corrected chi connectivity index (χ3v) is 2.83. The van der Waals surface area contributed by atoms with Gasteiger partial charge in [0.15, 0.2) is 0 Å². The average molecular weight is 233 g/mol. The Balaban J connectivity index is 3.05. The second-order valence-electron chi connectivity index (χ2n) is 2.78. The topological polar surface area (TPSA) is 54.4 Å². The van der Waals surface area contributed by atoms with Crippen LogP contribution in [0.1, 0.15) is 12.5 Å². The molecule has 0 saturated carbocycles. The summed E-state index contributed by atoms with van der Waals surface area (Å²) in [5.74, 6) is 0. The van der Waals surface area contributed by atoms with Crippen LogP contribution in [0.15, 0.2) is 29.2 Å². The van der Waals surface area contributed by atoms with Gasteiger partial charge >= 0.3 is 0 Å². The summed E-state index contributed by atoms with van der Waals surface area (Å²) in [6.07, 6.45) is 1.37. The number of allylic oxidation sites excluding steroid dienone is 1. The van der Waals surface area contributed by atoms with Crippen molar-refractivity contribution in [1.82, 2.24) is 0 Å². The Bertz CT molecular complexity index is 445. The fourth-order valence-corrected chi connectivity index (χ4v) is 1.28. The molecule has 0 amide bonds. The van der Waals surface area contributed by atoms with Crippen molar-refractivity contribution in [2.45, 2.75) is 6.92 Å². The number of benzene rings is 1. The van der Waals surface area contributed by atoms with E-state index in [2.05, 4.69) is 0 Å². The van der Waals surface area contributed by atoms with Crippen LogP contribution in [0, 0.1) is 0 Å². The Labute approximate surface area is 87.8 Å². The van der Waals surface area contributed by atoms with E-state index in [-0.39, 0.29) is 4.91 Å². The quantitative estimate of drug-likeness (QED) is 0.798. The molecule has 0 aliphatic rings. The summed E-state index contributed by atoms with van der Waals surface area (Å²) in [5.41, 5.74) is 0.671. The van der Waals surface area contributed by atoms with E-state index in [1.807, 2.05) is 0 Å². The Morgan fingerprint density at radius 2 is 1.86 bits per heavy atom. The largest absolute Gasteiger partial charge is 0.290 e. The van der Waals surface area contributed by atoms with Crippen LogP contribution in [0.5, 0.6) is 0 Å². The average Bonchev–Trinajstić information content (AvgIpc) is 2.07. The molecule has 1 N–H and O–H groups in total. The second-order valence-corrected chi connectivity index (χ2v) is 4.81. The van der Waals surface area contributed by atoms with Crippen molar-refractivity contribution in [2.24, 2.45) is 0 Å². The summed E-state index contributed by atoms with van der Waals surface area (Å²) in [4.78, 5) is -0.0974. The zero-order chi connectivity index (χ0) is 10.8. The first-order valence-electron chi connectivity index (χ1n) is 3.81. The molecule has 1 aromatic rings. The monoisotopic (exact) mass is 232 g/mol. The Morgan fingerprint density at radius 1 is 1.36 bits per heavy atom. The molecular weight excluding hydrogens is 224 g/mol. The number of hydrogen-bond donors (Lipinski definition) is 1. The summed E-state index contributed by atoms with van der Waals surface area (Å²) in [6.45, 7) is 1.32. The molecule has 5 heteroatoms. The van der Waals surface area contributed by atoms with E-state index in [0.717, 1.165) is 0 Å². The lowest BCUT2D eigenvalue weighted by atomic mass is 10.2. The maximum atomic E-state index is 10.7. The van der Waals surface area contributed by atoms with Crippen molar-refractivity contribution < 1.29 is 13.0 Å². The van der Waals surface area contributed by atoms with Crippen LogP contribution in [-0.4, -0.2) is 13.0 Å². The van der Waals surface area contributed by atoms with Crippen molar-refractivity contribution in [3.8, 4) is 0 Å². The fourth-order valence-electron chi connectivity index (χ4n) is 0.868. The van der Waals surface area contributed by atoms with Crippen molar-refractivity contribution >= 4 is 27.8 Å². The maximum Gasteiger partial charge on any atom is 0.290 e. The SMILES string of the molecule is CC(=Cc1ccc(Cl)cc1)S(=O)(=O)O. The summed E-state index contributed by atoms with van der Waals surface area (Å²) in [6, 6.07) is 6.61. The van der Waals surface area contributed by atoms with Gasteiger partial charge in [-0.15, -0.1) is 0 Å². The van der Waals surface area contributed by atoms with Crippen LogP contribution < -0.4 is 0 Å². The van der Waals surface area contributed by atoms with Gasteiger partial charge in [-0.05, 0) is 30.7 Å². The van der Waals surface area contributed by atoms with Crippen LogP contribution in [0.2, 0.25) is 5.02 Å². The van der Waals surface area contributed by atoms with Crippen molar-refractivity contribution in [3.63, 3.8) is 0 Å². The van der Waals surface area contributed by atoms with E-state index in [1.54, 1.807) is 24.3 Å². The number of rotatable bonds is 2. The summed E-state index contributed by atoms with van der Waals surface area (Å²) >= 11 is 5.65. The molecule has 0 saturated heterocycles.